The molecule has 4 heteroatoms. The molecule has 1 atom stereocenters. The molecule has 1 saturated carbocycles. The molecule has 0 amide bonds. The van der Waals surface area contributed by atoms with E-state index in [4.69, 9.17) is 28.9 Å². The fraction of sp³-hybridized carbons (Fsp3) is 0.500. The Labute approximate surface area is 105 Å². The van der Waals surface area contributed by atoms with Crippen molar-refractivity contribution in [1.82, 2.24) is 0 Å². The number of hydrogen-bond donors (Lipinski definition) is 1. The summed E-state index contributed by atoms with van der Waals surface area (Å²) in [4.78, 5) is 0. The summed E-state index contributed by atoms with van der Waals surface area (Å²) < 4.78 is 13.7. The SMILES string of the molecule is N[C@@H](c1c(F)ccc(Cl)c1Cl)C1CCCC1. The highest BCUT2D eigenvalue weighted by atomic mass is 35.5. The van der Waals surface area contributed by atoms with Crippen molar-refractivity contribution in [3.8, 4) is 0 Å². The lowest BCUT2D eigenvalue weighted by Gasteiger charge is -2.21. The Morgan fingerprint density at radius 3 is 2.50 bits per heavy atom. The first kappa shape index (κ1) is 12.2. The quantitative estimate of drug-likeness (QED) is 0.789. The molecule has 1 nitrogen and oxygen atoms in total. The maximum Gasteiger partial charge on any atom is 0.129 e. The maximum atomic E-state index is 13.7. The van der Waals surface area contributed by atoms with Gasteiger partial charge in [-0.1, -0.05) is 36.0 Å². The zero-order valence-electron chi connectivity index (χ0n) is 8.85. The third kappa shape index (κ3) is 2.20. The van der Waals surface area contributed by atoms with Crippen molar-refractivity contribution < 1.29 is 4.39 Å². The second kappa shape index (κ2) is 4.91. The molecule has 1 aliphatic rings. The van der Waals surface area contributed by atoms with Crippen LogP contribution in [0.4, 0.5) is 4.39 Å². The predicted octanol–water partition coefficient (Wildman–Crippen LogP) is 4.32. The Morgan fingerprint density at radius 1 is 1.25 bits per heavy atom. The molecular weight excluding hydrogens is 248 g/mol. The highest BCUT2D eigenvalue weighted by Gasteiger charge is 2.27. The van der Waals surface area contributed by atoms with Crippen LogP contribution >= 0.6 is 23.2 Å². The topological polar surface area (TPSA) is 26.0 Å². The molecule has 2 N–H and O–H groups in total. The minimum atomic E-state index is -0.353. The van der Waals surface area contributed by atoms with Gasteiger partial charge in [-0.05, 0) is 30.9 Å². The molecule has 0 aromatic heterocycles. The number of nitrogens with two attached hydrogens (primary N) is 1. The van der Waals surface area contributed by atoms with Crippen molar-refractivity contribution in [2.75, 3.05) is 0 Å². The van der Waals surface area contributed by atoms with Crippen LogP contribution in [0.2, 0.25) is 10.0 Å². The number of halogens is 3. The van der Waals surface area contributed by atoms with Crippen molar-refractivity contribution in [3.63, 3.8) is 0 Å². The zero-order valence-corrected chi connectivity index (χ0v) is 10.4. The fourth-order valence-electron chi connectivity index (χ4n) is 2.40. The summed E-state index contributed by atoms with van der Waals surface area (Å²) in [6, 6.07) is 2.45. The van der Waals surface area contributed by atoms with E-state index in [-0.39, 0.29) is 16.9 Å². The fourth-order valence-corrected chi connectivity index (χ4v) is 2.84. The summed E-state index contributed by atoms with van der Waals surface area (Å²) >= 11 is 11.9. The molecule has 0 aliphatic heterocycles. The molecule has 1 fully saturated rings. The van der Waals surface area contributed by atoms with Crippen LogP contribution in [0.25, 0.3) is 0 Å². The lowest BCUT2D eigenvalue weighted by molar-refractivity contribution is 0.429. The van der Waals surface area contributed by atoms with Gasteiger partial charge >= 0.3 is 0 Å². The van der Waals surface area contributed by atoms with Gasteiger partial charge < -0.3 is 5.73 Å². The van der Waals surface area contributed by atoms with Crippen LogP contribution in [-0.2, 0) is 0 Å². The number of rotatable bonds is 2. The Hall–Kier alpha value is -0.310. The summed E-state index contributed by atoms with van der Waals surface area (Å²) in [5.41, 5.74) is 6.46. The van der Waals surface area contributed by atoms with E-state index in [1.807, 2.05) is 0 Å². The van der Waals surface area contributed by atoms with Crippen LogP contribution in [0.5, 0.6) is 0 Å². The van der Waals surface area contributed by atoms with Gasteiger partial charge in [-0.3, -0.25) is 0 Å². The molecule has 0 heterocycles. The van der Waals surface area contributed by atoms with Gasteiger partial charge in [-0.2, -0.15) is 0 Å². The zero-order chi connectivity index (χ0) is 11.7. The molecule has 16 heavy (non-hydrogen) atoms. The Morgan fingerprint density at radius 2 is 1.88 bits per heavy atom. The Bertz CT molecular complexity index is 389. The second-order valence-corrected chi connectivity index (χ2v) is 5.11. The minimum Gasteiger partial charge on any atom is -0.324 e. The molecule has 1 aliphatic carbocycles. The lowest BCUT2D eigenvalue weighted by Crippen LogP contribution is -2.21. The normalized spacial score (nSPS) is 19.0. The summed E-state index contributed by atoms with van der Waals surface area (Å²) in [7, 11) is 0. The standard InChI is InChI=1S/C12H14Cl2FN/c13-8-5-6-9(15)10(11(8)14)12(16)7-3-1-2-4-7/h5-7,12H,1-4,16H2/t12-/m1/s1. The van der Waals surface area contributed by atoms with E-state index in [0.717, 1.165) is 25.7 Å². The Kier molecular flexibility index (Phi) is 3.73. The monoisotopic (exact) mass is 261 g/mol. The maximum absolute atomic E-state index is 13.7. The van der Waals surface area contributed by atoms with Gasteiger partial charge in [0.05, 0.1) is 10.0 Å². The average molecular weight is 262 g/mol. The van der Waals surface area contributed by atoms with Crippen molar-refractivity contribution in [2.45, 2.75) is 31.7 Å². The molecular formula is C12H14Cl2FN. The second-order valence-electron chi connectivity index (χ2n) is 4.33. The smallest absolute Gasteiger partial charge is 0.129 e. The molecule has 0 unspecified atom stereocenters. The van der Waals surface area contributed by atoms with Crippen LogP contribution in [0.15, 0.2) is 12.1 Å². The van der Waals surface area contributed by atoms with E-state index in [1.54, 1.807) is 0 Å². The van der Waals surface area contributed by atoms with Gasteiger partial charge in [0, 0.05) is 11.6 Å². The van der Waals surface area contributed by atoms with Crippen molar-refractivity contribution in [1.29, 1.82) is 0 Å². The van der Waals surface area contributed by atoms with Gasteiger partial charge in [0.25, 0.3) is 0 Å². The van der Waals surface area contributed by atoms with Crippen LogP contribution in [-0.4, -0.2) is 0 Å². The first-order valence-corrected chi connectivity index (χ1v) is 6.26. The van der Waals surface area contributed by atoms with Crippen molar-refractivity contribution in [2.24, 2.45) is 11.7 Å². The van der Waals surface area contributed by atoms with E-state index >= 15 is 0 Å². The first-order chi connectivity index (χ1) is 7.61. The van der Waals surface area contributed by atoms with E-state index in [1.165, 1.54) is 12.1 Å². The summed E-state index contributed by atoms with van der Waals surface area (Å²) in [6.07, 6.45) is 4.42. The highest BCUT2D eigenvalue weighted by molar-refractivity contribution is 6.42. The lowest BCUT2D eigenvalue weighted by atomic mass is 9.92. The van der Waals surface area contributed by atoms with Gasteiger partial charge in [0.2, 0.25) is 0 Å². The molecule has 0 saturated heterocycles. The van der Waals surface area contributed by atoms with Crippen LogP contribution < -0.4 is 5.73 Å². The predicted molar refractivity (Wildman–Crippen MR) is 65.3 cm³/mol. The molecule has 88 valence electrons. The van der Waals surface area contributed by atoms with E-state index in [0.29, 0.717) is 16.5 Å². The van der Waals surface area contributed by atoms with Crippen molar-refractivity contribution >= 4 is 23.2 Å². The third-order valence-corrected chi connectivity index (χ3v) is 4.14. The summed E-state index contributed by atoms with van der Waals surface area (Å²) in [6.45, 7) is 0. The molecule has 2 rings (SSSR count). The number of benzene rings is 1. The average Bonchev–Trinajstić information content (AvgIpc) is 2.77. The highest BCUT2D eigenvalue weighted by Crippen LogP contribution is 2.39. The van der Waals surface area contributed by atoms with Gasteiger partial charge in [0.1, 0.15) is 5.82 Å². The largest absolute Gasteiger partial charge is 0.324 e. The van der Waals surface area contributed by atoms with Crippen LogP contribution in [0, 0.1) is 11.7 Å². The summed E-state index contributed by atoms with van der Waals surface area (Å²) in [5, 5.41) is 0.632. The van der Waals surface area contributed by atoms with Crippen molar-refractivity contribution in [3.05, 3.63) is 33.6 Å². The molecule has 0 radical (unpaired) electrons. The van der Waals surface area contributed by atoms with E-state index in [2.05, 4.69) is 0 Å². The van der Waals surface area contributed by atoms with E-state index < -0.39 is 0 Å². The molecule has 1 aromatic carbocycles. The molecule has 1 aromatic rings. The summed E-state index contributed by atoms with van der Waals surface area (Å²) in [5.74, 6) is -0.0285. The third-order valence-electron chi connectivity index (χ3n) is 3.32. The number of hydrogen-bond acceptors (Lipinski definition) is 1. The van der Waals surface area contributed by atoms with Gasteiger partial charge in [0.15, 0.2) is 0 Å². The molecule has 0 bridgehead atoms. The van der Waals surface area contributed by atoms with Gasteiger partial charge in [-0.15, -0.1) is 0 Å². The van der Waals surface area contributed by atoms with Gasteiger partial charge in [-0.25, -0.2) is 4.39 Å². The Balaban J connectivity index is 2.34. The van der Waals surface area contributed by atoms with Crippen LogP contribution in [0.3, 0.4) is 0 Å². The minimum absolute atomic E-state index is 0.265. The van der Waals surface area contributed by atoms with Crippen LogP contribution in [0.1, 0.15) is 37.3 Å². The first-order valence-electron chi connectivity index (χ1n) is 5.50. The van der Waals surface area contributed by atoms with E-state index in [9.17, 15) is 4.39 Å². The molecule has 0 spiro atoms.